The van der Waals surface area contributed by atoms with Crippen LogP contribution in [0.15, 0.2) is 35.1 Å². The summed E-state index contributed by atoms with van der Waals surface area (Å²) in [7, 11) is 1.75. The SMILES string of the molecule is Cc1nc2cc(NCCN3CC=CCC3)ccc2c(=O)n1C. The molecule has 0 radical (unpaired) electrons. The van der Waals surface area contributed by atoms with E-state index in [1.54, 1.807) is 11.6 Å². The lowest BCUT2D eigenvalue weighted by atomic mass is 10.2. The molecule has 0 bridgehead atoms. The third-order valence-corrected chi connectivity index (χ3v) is 4.20. The molecule has 116 valence electrons. The quantitative estimate of drug-likeness (QED) is 0.876. The van der Waals surface area contributed by atoms with Gasteiger partial charge in [-0.3, -0.25) is 14.3 Å². The largest absolute Gasteiger partial charge is 0.384 e. The van der Waals surface area contributed by atoms with Gasteiger partial charge in [0.25, 0.3) is 5.56 Å². The number of hydrogen-bond acceptors (Lipinski definition) is 4. The number of aryl methyl sites for hydroxylation is 1. The molecule has 1 N–H and O–H groups in total. The van der Waals surface area contributed by atoms with Crippen molar-refractivity contribution >= 4 is 16.6 Å². The van der Waals surface area contributed by atoms with Crippen LogP contribution in [-0.2, 0) is 7.05 Å². The molecule has 5 nitrogen and oxygen atoms in total. The number of anilines is 1. The second-order valence-corrected chi connectivity index (χ2v) is 5.74. The number of aromatic nitrogens is 2. The maximum absolute atomic E-state index is 12.2. The predicted octanol–water partition coefficient (Wildman–Crippen LogP) is 1.92. The second-order valence-electron chi connectivity index (χ2n) is 5.74. The van der Waals surface area contributed by atoms with Crippen molar-refractivity contribution in [3.63, 3.8) is 0 Å². The minimum atomic E-state index is 0.00848. The lowest BCUT2D eigenvalue weighted by Crippen LogP contribution is -2.31. The zero-order chi connectivity index (χ0) is 15.5. The number of hydrogen-bond donors (Lipinski definition) is 1. The summed E-state index contributed by atoms with van der Waals surface area (Å²) < 4.78 is 1.58. The van der Waals surface area contributed by atoms with Gasteiger partial charge in [-0.2, -0.15) is 0 Å². The molecule has 0 aliphatic carbocycles. The van der Waals surface area contributed by atoms with Crippen LogP contribution in [-0.4, -0.2) is 40.6 Å². The Hall–Kier alpha value is -2.14. The molecule has 1 aromatic carbocycles. The number of benzene rings is 1. The molecule has 0 fully saturated rings. The van der Waals surface area contributed by atoms with E-state index in [2.05, 4.69) is 27.4 Å². The van der Waals surface area contributed by atoms with E-state index in [9.17, 15) is 4.79 Å². The fourth-order valence-electron chi connectivity index (χ4n) is 2.74. The molecule has 1 aliphatic rings. The summed E-state index contributed by atoms with van der Waals surface area (Å²) in [5.41, 5.74) is 1.78. The zero-order valence-electron chi connectivity index (χ0n) is 13.2. The molecule has 0 unspecified atom stereocenters. The Morgan fingerprint density at radius 2 is 2.18 bits per heavy atom. The van der Waals surface area contributed by atoms with Gasteiger partial charge in [0.2, 0.25) is 0 Å². The van der Waals surface area contributed by atoms with Crippen molar-refractivity contribution in [3.8, 4) is 0 Å². The molecule has 0 saturated carbocycles. The van der Waals surface area contributed by atoms with E-state index in [0.29, 0.717) is 5.39 Å². The summed E-state index contributed by atoms with van der Waals surface area (Å²) >= 11 is 0. The van der Waals surface area contributed by atoms with Gasteiger partial charge in [-0.25, -0.2) is 4.98 Å². The maximum atomic E-state index is 12.2. The first-order valence-corrected chi connectivity index (χ1v) is 7.74. The maximum Gasteiger partial charge on any atom is 0.261 e. The summed E-state index contributed by atoms with van der Waals surface area (Å²) in [5, 5.41) is 4.09. The zero-order valence-corrected chi connectivity index (χ0v) is 13.2. The summed E-state index contributed by atoms with van der Waals surface area (Å²) in [6, 6.07) is 5.77. The van der Waals surface area contributed by atoms with Crippen LogP contribution in [0.1, 0.15) is 12.2 Å². The van der Waals surface area contributed by atoms with Gasteiger partial charge >= 0.3 is 0 Å². The molecule has 0 saturated heterocycles. The summed E-state index contributed by atoms with van der Waals surface area (Å²) in [6.45, 7) is 5.93. The Labute approximate surface area is 130 Å². The van der Waals surface area contributed by atoms with Gasteiger partial charge in [-0.15, -0.1) is 0 Å². The molecule has 3 rings (SSSR count). The lowest BCUT2D eigenvalue weighted by Gasteiger charge is -2.23. The number of fused-ring (bicyclic) bond motifs is 1. The van der Waals surface area contributed by atoms with E-state index < -0.39 is 0 Å². The van der Waals surface area contributed by atoms with Crippen LogP contribution in [0.4, 0.5) is 5.69 Å². The summed E-state index contributed by atoms with van der Waals surface area (Å²) in [5.74, 6) is 0.731. The molecule has 22 heavy (non-hydrogen) atoms. The van der Waals surface area contributed by atoms with Gasteiger partial charge in [0, 0.05) is 38.9 Å². The lowest BCUT2D eigenvalue weighted by molar-refractivity contribution is 0.310. The van der Waals surface area contributed by atoms with Crippen molar-refractivity contribution < 1.29 is 0 Å². The van der Waals surface area contributed by atoms with E-state index >= 15 is 0 Å². The molecule has 5 heteroatoms. The number of rotatable bonds is 4. The normalized spacial score (nSPS) is 15.4. The number of nitrogens with one attached hydrogen (secondary N) is 1. The van der Waals surface area contributed by atoms with Gasteiger partial charge < -0.3 is 5.32 Å². The molecule has 1 aliphatic heterocycles. The minimum absolute atomic E-state index is 0.00848. The molecule has 2 heterocycles. The summed E-state index contributed by atoms with van der Waals surface area (Å²) in [4.78, 5) is 19.1. The third kappa shape index (κ3) is 3.04. The molecular weight excluding hydrogens is 276 g/mol. The highest BCUT2D eigenvalue weighted by atomic mass is 16.1. The third-order valence-electron chi connectivity index (χ3n) is 4.20. The Morgan fingerprint density at radius 3 is 2.95 bits per heavy atom. The highest BCUT2D eigenvalue weighted by Crippen LogP contribution is 2.15. The first-order chi connectivity index (χ1) is 10.6. The molecule has 2 aromatic rings. The monoisotopic (exact) mass is 298 g/mol. The Kier molecular flexibility index (Phi) is 4.24. The topological polar surface area (TPSA) is 50.2 Å². The smallest absolute Gasteiger partial charge is 0.261 e. The van der Waals surface area contributed by atoms with E-state index in [1.165, 1.54) is 0 Å². The average molecular weight is 298 g/mol. The van der Waals surface area contributed by atoms with Crippen molar-refractivity contribution in [2.45, 2.75) is 13.3 Å². The van der Waals surface area contributed by atoms with Gasteiger partial charge in [0.15, 0.2) is 0 Å². The van der Waals surface area contributed by atoms with Crippen molar-refractivity contribution in [2.24, 2.45) is 7.05 Å². The van der Waals surface area contributed by atoms with Crippen LogP contribution >= 0.6 is 0 Å². The van der Waals surface area contributed by atoms with Crippen LogP contribution in [0.25, 0.3) is 10.9 Å². The van der Waals surface area contributed by atoms with Gasteiger partial charge in [0.1, 0.15) is 5.82 Å². The van der Waals surface area contributed by atoms with Gasteiger partial charge in [-0.1, -0.05) is 12.2 Å². The molecule has 0 spiro atoms. The Bertz CT molecular complexity index is 763. The van der Waals surface area contributed by atoms with Crippen LogP contribution < -0.4 is 10.9 Å². The van der Waals surface area contributed by atoms with Crippen LogP contribution in [0, 0.1) is 6.92 Å². The van der Waals surface area contributed by atoms with Crippen molar-refractivity contribution in [2.75, 3.05) is 31.5 Å². The highest BCUT2D eigenvalue weighted by molar-refractivity contribution is 5.81. The standard InChI is InChI=1S/C17H22N4O/c1-13-19-16-12-14(6-7-15(16)17(22)20(13)2)18-8-11-21-9-4-3-5-10-21/h3-4,6-7,12,18H,5,8-11H2,1-2H3. The molecule has 0 atom stereocenters. The minimum Gasteiger partial charge on any atom is -0.384 e. The van der Waals surface area contributed by atoms with Gasteiger partial charge in [0.05, 0.1) is 10.9 Å². The Balaban J connectivity index is 1.71. The fraction of sp³-hybridized carbons (Fsp3) is 0.412. The van der Waals surface area contributed by atoms with Crippen LogP contribution in [0.5, 0.6) is 0 Å². The first-order valence-electron chi connectivity index (χ1n) is 7.74. The van der Waals surface area contributed by atoms with Crippen LogP contribution in [0.2, 0.25) is 0 Å². The van der Waals surface area contributed by atoms with Gasteiger partial charge in [-0.05, 0) is 31.5 Å². The predicted molar refractivity (Wildman–Crippen MR) is 90.4 cm³/mol. The molecular formula is C17H22N4O. The van der Waals surface area contributed by atoms with Crippen molar-refractivity contribution in [1.29, 1.82) is 0 Å². The Morgan fingerprint density at radius 1 is 1.32 bits per heavy atom. The van der Waals surface area contributed by atoms with E-state index in [-0.39, 0.29) is 5.56 Å². The van der Waals surface area contributed by atoms with E-state index in [4.69, 9.17) is 0 Å². The van der Waals surface area contributed by atoms with Crippen LogP contribution in [0.3, 0.4) is 0 Å². The molecule has 1 aromatic heterocycles. The average Bonchev–Trinajstić information content (AvgIpc) is 2.54. The highest BCUT2D eigenvalue weighted by Gasteiger charge is 2.07. The fourth-order valence-corrected chi connectivity index (χ4v) is 2.74. The summed E-state index contributed by atoms with van der Waals surface area (Å²) in [6.07, 6.45) is 5.60. The van der Waals surface area contributed by atoms with Crippen molar-refractivity contribution in [1.82, 2.24) is 14.5 Å². The molecule has 0 amide bonds. The second kappa shape index (κ2) is 6.32. The number of nitrogens with zero attached hydrogens (tertiary/aromatic N) is 3. The van der Waals surface area contributed by atoms with E-state index in [1.807, 2.05) is 25.1 Å². The van der Waals surface area contributed by atoms with E-state index in [0.717, 1.165) is 49.6 Å². The first kappa shape index (κ1) is 14.8. The van der Waals surface area contributed by atoms with Crippen molar-refractivity contribution in [3.05, 3.63) is 46.5 Å².